The van der Waals surface area contributed by atoms with Crippen LogP contribution in [0, 0.1) is 0 Å². The van der Waals surface area contributed by atoms with E-state index in [9.17, 15) is 4.79 Å². The lowest BCUT2D eigenvalue weighted by atomic mass is 10.0. The number of likely N-dealkylation sites (tertiary alicyclic amines) is 1. The first-order chi connectivity index (χ1) is 10.7. The Hall–Kier alpha value is -2.07. The first kappa shape index (κ1) is 14.9. The number of nitrogens with one attached hydrogen (secondary N) is 1. The van der Waals surface area contributed by atoms with Crippen LogP contribution in [0.25, 0.3) is 11.1 Å². The lowest BCUT2D eigenvalue weighted by Crippen LogP contribution is -2.33. The third-order valence-corrected chi connectivity index (χ3v) is 4.20. The van der Waals surface area contributed by atoms with Gasteiger partial charge in [-0.1, -0.05) is 30.3 Å². The van der Waals surface area contributed by atoms with Crippen LogP contribution in [0.3, 0.4) is 0 Å². The second-order valence-electron chi connectivity index (χ2n) is 5.92. The summed E-state index contributed by atoms with van der Waals surface area (Å²) in [4.78, 5) is 14.9. The first-order valence-corrected chi connectivity index (χ1v) is 7.96. The molecule has 1 aromatic heterocycles. The summed E-state index contributed by atoms with van der Waals surface area (Å²) in [6.07, 6.45) is 6.47. The SMILES string of the molecule is Cn1cc(C(=O)NCCN2CCCC2)c(-c2ccccc2)c1. The largest absolute Gasteiger partial charge is 0.356 e. The van der Waals surface area contributed by atoms with Crippen molar-refractivity contribution >= 4 is 5.91 Å². The van der Waals surface area contributed by atoms with Gasteiger partial charge in [0.2, 0.25) is 0 Å². The van der Waals surface area contributed by atoms with E-state index >= 15 is 0 Å². The van der Waals surface area contributed by atoms with E-state index in [0.29, 0.717) is 6.54 Å². The van der Waals surface area contributed by atoms with Gasteiger partial charge in [-0.25, -0.2) is 0 Å². The molecule has 1 fully saturated rings. The number of carbonyl (C=O) groups is 1. The maximum Gasteiger partial charge on any atom is 0.253 e. The number of aryl methyl sites for hydroxylation is 1. The lowest BCUT2D eigenvalue weighted by molar-refractivity contribution is 0.0950. The van der Waals surface area contributed by atoms with Gasteiger partial charge < -0.3 is 14.8 Å². The van der Waals surface area contributed by atoms with E-state index in [2.05, 4.69) is 10.2 Å². The highest BCUT2D eigenvalue weighted by Gasteiger charge is 2.16. The first-order valence-electron chi connectivity index (χ1n) is 7.96. The Morgan fingerprint density at radius 3 is 2.59 bits per heavy atom. The average Bonchev–Trinajstić information content (AvgIpc) is 3.17. The van der Waals surface area contributed by atoms with Crippen molar-refractivity contribution in [1.29, 1.82) is 0 Å². The highest BCUT2D eigenvalue weighted by Crippen LogP contribution is 2.24. The predicted molar refractivity (Wildman–Crippen MR) is 88.9 cm³/mol. The quantitative estimate of drug-likeness (QED) is 0.921. The van der Waals surface area contributed by atoms with Gasteiger partial charge in [-0.3, -0.25) is 4.79 Å². The van der Waals surface area contributed by atoms with Gasteiger partial charge in [-0.2, -0.15) is 0 Å². The van der Waals surface area contributed by atoms with Crippen LogP contribution in [0.1, 0.15) is 23.2 Å². The van der Waals surface area contributed by atoms with E-state index in [0.717, 1.165) is 36.3 Å². The molecule has 0 spiro atoms. The van der Waals surface area contributed by atoms with Crippen molar-refractivity contribution in [3.8, 4) is 11.1 Å². The number of carbonyl (C=O) groups excluding carboxylic acids is 1. The van der Waals surface area contributed by atoms with Crippen molar-refractivity contribution in [2.24, 2.45) is 7.05 Å². The monoisotopic (exact) mass is 297 g/mol. The molecule has 1 saturated heterocycles. The summed E-state index contributed by atoms with van der Waals surface area (Å²) >= 11 is 0. The van der Waals surface area contributed by atoms with E-state index < -0.39 is 0 Å². The Bertz CT molecular complexity index is 627. The molecule has 0 bridgehead atoms. The molecule has 2 heterocycles. The summed E-state index contributed by atoms with van der Waals surface area (Å²) in [7, 11) is 1.95. The fourth-order valence-corrected chi connectivity index (χ4v) is 3.04. The normalized spacial score (nSPS) is 15.1. The Morgan fingerprint density at radius 2 is 1.86 bits per heavy atom. The molecule has 0 radical (unpaired) electrons. The summed E-state index contributed by atoms with van der Waals surface area (Å²) in [6.45, 7) is 3.98. The summed E-state index contributed by atoms with van der Waals surface area (Å²) in [5.74, 6) is 0.0126. The van der Waals surface area contributed by atoms with Gasteiger partial charge in [0.25, 0.3) is 5.91 Å². The molecular formula is C18H23N3O. The predicted octanol–water partition coefficient (Wildman–Crippen LogP) is 2.52. The molecule has 0 aliphatic carbocycles. The van der Waals surface area contributed by atoms with E-state index in [1.807, 2.05) is 54.3 Å². The van der Waals surface area contributed by atoms with Crippen LogP contribution in [0.4, 0.5) is 0 Å². The molecule has 0 atom stereocenters. The zero-order valence-corrected chi connectivity index (χ0v) is 13.1. The van der Waals surface area contributed by atoms with Gasteiger partial charge in [-0.15, -0.1) is 0 Å². The van der Waals surface area contributed by atoms with E-state index in [4.69, 9.17) is 0 Å². The van der Waals surface area contributed by atoms with Crippen molar-refractivity contribution in [3.05, 3.63) is 48.3 Å². The fourth-order valence-electron chi connectivity index (χ4n) is 3.04. The molecule has 22 heavy (non-hydrogen) atoms. The van der Waals surface area contributed by atoms with Gasteiger partial charge in [0.1, 0.15) is 0 Å². The van der Waals surface area contributed by atoms with E-state index in [1.54, 1.807) is 0 Å². The zero-order valence-electron chi connectivity index (χ0n) is 13.1. The number of hydrogen-bond acceptors (Lipinski definition) is 2. The Morgan fingerprint density at radius 1 is 1.14 bits per heavy atom. The third-order valence-electron chi connectivity index (χ3n) is 4.20. The zero-order chi connectivity index (χ0) is 15.4. The lowest BCUT2D eigenvalue weighted by Gasteiger charge is -2.14. The minimum absolute atomic E-state index is 0.0126. The number of hydrogen-bond donors (Lipinski definition) is 1. The minimum atomic E-state index is 0.0126. The van der Waals surface area contributed by atoms with Crippen molar-refractivity contribution in [1.82, 2.24) is 14.8 Å². The molecule has 0 saturated carbocycles. The molecule has 1 aliphatic rings. The van der Waals surface area contributed by atoms with Crippen molar-refractivity contribution in [2.45, 2.75) is 12.8 Å². The smallest absolute Gasteiger partial charge is 0.253 e. The molecule has 116 valence electrons. The molecule has 2 aromatic rings. The molecule has 0 unspecified atom stereocenters. The molecule has 3 rings (SSSR count). The van der Waals surface area contributed by atoms with Crippen molar-refractivity contribution < 1.29 is 4.79 Å². The third kappa shape index (κ3) is 3.39. The highest BCUT2D eigenvalue weighted by atomic mass is 16.1. The van der Waals surface area contributed by atoms with Crippen molar-refractivity contribution in [3.63, 3.8) is 0 Å². The van der Waals surface area contributed by atoms with Crippen LogP contribution in [0.5, 0.6) is 0 Å². The molecule has 4 nitrogen and oxygen atoms in total. The Kier molecular flexibility index (Phi) is 4.59. The van der Waals surface area contributed by atoms with Gasteiger partial charge in [0.05, 0.1) is 5.56 Å². The summed E-state index contributed by atoms with van der Waals surface area (Å²) in [5, 5.41) is 3.06. The molecule has 1 amide bonds. The molecule has 1 aromatic carbocycles. The van der Waals surface area contributed by atoms with E-state index in [1.165, 1.54) is 12.8 Å². The number of aromatic nitrogens is 1. The molecule has 1 N–H and O–H groups in total. The van der Waals surface area contributed by atoms with Crippen LogP contribution in [0.2, 0.25) is 0 Å². The van der Waals surface area contributed by atoms with Crippen LogP contribution in [0.15, 0.2) is 42.7 Å². The maximum absolute atomic E-state index is 12.5. The number of rotatable bonds is 5. The second kappa shape index (κ2) is 6.79. The van der Waals surface area contributed by atoms with Gasteiger partial charge in [0.15, 0.2) is 0 Å². The maximum atomic E-state index is 12.5. The highest BCUT2D eigenvalue weighted by molar-refractivity contribution is 6.00. The molecule has 4 heteroatoms. The fraction of sp³-hybridized carbons (Fsp3) is 0.389. The van der Waals surface area contributed by atoms with Crippen LogP contribution >= 0.6 is 0 Å². The van der Waals surface area contributed by atoms with Gasteiger partial charge in [0, 0.05) is 38.1 Å². The minimum Gasteiger partial charge on any atom is -0.356 e. The summed E-state index contributed by atoms with van der Waals surface area (Å²) in [6, 6.07) is 10.1. The van der Waals surface area contributed by atoms with Crippen LogP contribution < -0.4 is 5.32 Å². The van der Waals surface area contributed by atoms with Gasteiger partial charge >= 0.3 is 0 Å². The standard InChI is InChI=1S/C18H23N3O/c1-20-13-16(15-7-3-2-4-8-15)17(14-20)18(22)19-9-12-21-10-5-6-11-21/h2-4,7-8,13-14H,5-6,9-12H2,1H3,(H,19,22). The van der Waals surface area contributed by atoms with Crippen LogP contribution in [-0.2, 0) is 7.05 Å². The van der Waals surface area contributed by atoms with Gasteiger partial charge in [-0.05, 0) is 31.5 Å². The second-order valence-corrected chi connectivity index (χ2v) is 5.92. The number of nitrogens with zero attached hydrogens (tertiary/aromatic N) is 2. The average molecular weight is 297 g/mol. The molecule has 1 aliphatic heterocycles. The van der Waals surface area contributed by atoms with Crippen molar-refractivity contribution in [2.75, 3.05) is 26.2 Å². The summed E-state index contributed by atoms with van der Waals surface area (Å²) in [5.41, 5.74) is 2.81. The number of benzene rings is 1. The van der Waals surface area contributed by atoms with Crippen LogP contribution in [-0.4, -0.2) is 41.6 Å². The van der Waals surface area contributed by atoms with E-state index in [-0.39, 0.29) is 5.91 Å². The molecular weight excluding hydrogens is 274 g/mol. The summed E-state index contributed by atoms with van der Waals surface area (Å²) < 4.78 is 1.94. The topological polar surface area (TPSA) is 37.3 Å². The number of amides is 1. The Labute approximate surface area is 131 Å². The Balaban J connectivity index is 1.67.